The van der Waals surface area contributed by atoms with Crippen molar-refractivity contribution in [2.75, 3.05) is 19.4 Å². The van der Waals surface area contributed by atoms with Crippen LogP contribution in [-0.4, -0.2) is 55.7 Å². The summed E-state index contributed by atoms with van der Waals surface area (Å²) in [5.41, 5.74) is 5.91. The van der Waals surface area contributed by atoms with E-state index < -0.39 is 38.9 Å². The zero-order valence-corrected chi connectivity index (χ0v) is 20.9. The van der Waals surface area contributed by atoms with E-state index >= 15 is 4.39 Å². The van der Waals surface area contributed by atoms with Crippen molar-refractivity contribution in [1.29, 1.82) is 0 Å². The number of benzene rings is 1. The van der Waals surface area contributed by atoms with E-state index in [2.05, 4.69) is 24.5 Å². The molecule has 3 heterocycles. The zero-order chi connectivity index (χ0) is 26.3. The van der Waals surface area contributed by atoms with Crippen molar-refractivity contribution in [3.8, 4) is 28.6 Å². The van der Waals surface area contributed by atoms with E-state index in [1.165, 1.54) is 31.6 Å². The molecule has 3 aromatic rings. The monoisotopic (exact) mass is 522 g/mol. The van der Waals surface area contributed by atoms with Gasteiger partial charge < -0.3 is 15.0 Å². The molecule has 0 fully saturated rings. The largest absolute Gasteiger partial charge is 0.484 e. The van der Waals surface area contributed by atoms with E-state index in [4.69, 9.17) is 15.0 Å². The number of aliphatic imine (C=N–C) groups is 1. The summed E-state index contributed by atoms with van der Waals surface area (Å²) in [5.74, 6) is 0.144. The van der Waals surface area contributed by atoms with Gasteiger partial charge in [0.05, 0.1) is 27.9 Å². The van der Waals surface area contributed by atoms with Gasteiger partial charge in [0.25, 0.3) is 6.43 Å². The van der Waals surface area contributed by atoms with Gasteiger partial charge in [0.15, 0.2) is 23.0 Å². The van der Waals surface area contributed by atoms with Crippen LogP contribution in [0.25, 0.3) is 22.8 Å². The molecule has 0 aliphatic carbocycles. The highest BCUT2D eigenvalue weighted by atomic mass is 32.2. The lowest BCUT2D eigenvalue weighted by Gasteiger charge is -2.40. The van der Waals surface area contributed by atoms with Crippen LogP contribution in [0, 0.1) is 5.82 Å². The molecule has 1 aliphatic heterocycles. The number of alkyl halides is 2. The number of amidine groups is 1. The van der Waals surface area contributed by atoms with Crippen molar-refractivity contribution >= 4 is 15.6 Å². The molecule has 0 unspecified atom stereocenters. The van der Waals surface area contributed by atoms with Crippen molar-refractivity contribution in [1.82, 2.24) is 15.1 Å². The minimum absolute atomic E-state index is 0.0138. The van der Waals surface area contributed by atoms with Crippen molar-refractivity contribution < 1.29 is 26.6 Å². The summed E-state index contributed by atoms with van der Waals surface area (Å²) in [6, 6.07) is 5.88. The number of hydrogen-bond donors (Lipinski definition) is 1. The number of nitrogens with zero attached hydrogens (tertiary/aromatic N) is 5. The zero-order valence-electron chi connectivity index (χ0n) is 20.0. The smallest absolute Gasteiger partial charge is 0.272 e. The topological polar surface area (TPSA) is 129 Å². The first-order valence-electron chi connectivity index (χ1n) is 10.9. The van der Waals surface area contributed by atoms with Gasteiger partial charge in [0, 0.05) is 24.2 Å². The first-order valence-corrected chi connectivity index (χ1v) is 12.6. The first kappa shape index (κ1) is 25.6. The van der Waals surface area contributed by atoms with Crippen LogP contribution in [0.3, 0.4) is 0 Å². The average Bonchev–Trinajstić information content (AvgIpc) is 3.32. The molecule has 0 saturated carbocycles. The summed E-state index contributed by atoms with van der Waals surface area (Å²) < 4.78 is 66.7. The lowest BCUT2D eigenvalue weighted by molar-refractivity contribution is 0.0815. The fraction of sp³-hybridized carbons (Fsp3) is 0.391. The van der Waals surface area contributed by atoms with E-state index in [9.17, 15) is 13.0 Å². The van der Waals surface area contributed by atoms with E-state index in [1.807, 2.05) is 0 Å². The molecule has 0 bridgehead atoms. The van der Waals surface area contributed by atoms with Crippen molar-refractivity contribution in [3.05, 3.63) is 48.0 Å². The summed E-state index contributed by atoms with van der Waals surface area (Å²) >= 11 is 0. The Morgan fingerprint density at radius 1 is 1.22 bits per heavy atom. The molecule has 1 aromatic carbocycles. The van der Waals surface area contributed by atoms with Crippen LogP contribution in [0.5, 0.6) is 5.75 Å². The Kier molecular flexibility index (Phi) is 6.54. The number of hydrogen-bond acceptors (Lipinski definition) is 9. The Morgan fingerprint density at radius 3 is 2.56 bits per heavy atom. The van der Waals surface area contributed by atoms with Gasteiger partial charge in [0.2, 0.25) is 0 Å². The number of nitrogens with two attached hydrogens (primary N) is 1. The normalized spacial score (nSPS) is 23.4. The van der Waals surface area contributed by atoms with Crippen LogP contribution in [-0.2, 0) is 15.3 Å². The van der Waals surface area contributed by atoms with Crippen LogP contribution in [0.15, 0.2) is 50.5 Å². The summed E-state index contributed by atoms with van der Waals surface area (Å²) in [6.45, 7) is 4.32. The highest BCUT2D eigenvalue weighted by molar-refractivity contribution is 7.95. The Labute approximate surface area is 206 Å². The maximum atomic E-state index is 15.1. The standard InChI is InChI=1S/C23H25F3N6O3S/c1-22(2)21(27)31-23(3,12-36(22,33)28-4)15-7-13(5-6-16(15)24)18-8-17(32-35-18)20-29-9-14(10-30-20)34-11-19(25)26/h5-10,19H,11-12H2,1-4H3,(H2,27,31)/t23-,36-/m0/s1. The SMILES string of the molecule is CN=[S@]1(=O)C[C@@](C)(c2cc(-c3cc(-c4ncc(OCC(F)F)cn4)no3)ccc2F)N=C(N)C1(C)C. The second kappa shape index (κ2) is 9.19. The predicted octanol–water partition coefficient (Wildman–Crippen LogP) is 4.04. The van der Waals surface area contributed by atoms with E-state index in [-0.39, 0.29) is 34.4 Å². The molecule has 0 amide bonds. The Morgan fingerprint density at radius 2 is 1.92 bits per heavy atom. The van der Waals surface area contributed by atoms with Gasteiger partial charge in [-0.2, -0.15) is 0 Å². The third kappa shape index (κ3) is 4.54. The number of aromatic nitrogens is 3. The van der Waals surface area contributed by atoms with Crippen molar-refractivity contribution in [2.45, 2.75) is 37.5 Å². The fourth-order valence-electron chi connectivity index (χ4n) is 3.88. The van der Waals surface area contributed by atoms with E-state index in [0.717, 1.165) is 0 Å². The molecule has 0 saturated heterocycles. The second-order valence-corrected chi connectivity index (χ2v) is 11.9. The van der Waals surface area contributed by atoms with Crippen LogP contribution in [0.4, 0.5) is 13.2 Å². The summed E-state index contributed by atoms with van der Waals surface area (Å²) in [7, 11) is -1.39. The average molecular weight is 523 g/mol. The Hall–Kier alpha value is -3.48. The minimum atomic E-state index is -2.85. The number of ether oxygens (including phenoxy) is 1. The van der Waals surface area contributed by atoms with Crippen LogP contribution < -0.4 is 10.5 Å². The quantitative estimate of drug-likeness (QED) is 0.517. The third-order valence-corrected chi connectivity index (χ3v) is 9.47. The highest BCUT2D eigenvalue weighted by Gasteiger charge is 2.47. The molecular weight excluding hydrogens is 497 g/mol. The summed E-state index contributed by atoms with van der Waals surface area (Å²) in [6.07, 6.45) is -0.117. The van der Waals surface area contributed by atoms with Gasteiger partial charge in [-0.15, -0.1) is 0 Å². The summed E-state index contributed by atoms with van der Waals surface area (Å²) in [5, 5.41) is 3.95. The van der Waals surface area contributed by atoms with Gasteiger partial charge in [-0.1, -0.05) is 5.16 Å². The second-order valence-electron chi connectivity index (χ2n) is 8.96. The molecule has 4 rings (SSSR count). The van der Waals surface area contributed by atoms with Gasteiger partial charge >= 0.3 is 0 Å². The molecule has 1 aliphatic rings. The van der Waals surface area contributed by atoms with Gasteiger partial charge in [-0.3, -0.25) is 4.99 Å². The van der Waals surface area contributed by atoms with Crippen LogP contribution in [0.1, 0.15) is 26.3 Å². The Balaban J connectivity index is 1.67. The van der Waals surface area contributed by atoms with Gasteiger partial charge in [0.1, 0.15) is 28.5 Å². The predicted molar refractivity (Wildman–Crippen MR) is 129 cm³/mol. The molecule has 2 aromatic heterocycles. The fourth-order valence-corrected chi connectivity index (χ4v) is 6.18. The molecule has 9 nitrogen and oxygen atoms in total. The lowest BCUT2D eigenvalue weighted by atomic mass is 9.91. The molecule has 192 valence electrons. The van der Waals surface area contributed by atoms with E-state index in [0.29, 0.717) is 11.3 Å². The minimum Gasteiger partial charge on any atom is -0.484 e. The van der Waals surface area contributed by atoms with E-state index in [1.54, 1.807) is 32.9 Å². The molecule has 0 radical (unpaired) electrons. The maximum Gasteiger partial charge on any atom is 0.272 e. The number of halogens is 3. The third-order valence-electron chi connectivity index (χ3n) is 6.13. The Bertz CT molecular complexity index is 1430. The first-order chi connectivity index (χ1) is 16.9. The molecule has 13 heteroatoms. The molecule has 36 heavy (non-hydrogen) atoms. The lowest BCUT2D eigenvalue weighted by Crippen LogP contribution is -2.54. The van der Waals surface area contributed by atoms with Crippen LogP contribution >= 0.6 is 0 Å². The van der Waals surface area contributed by atoms with Gasteiger partial charge in [-0.05, 0) is 39.0 Å². The molecular formula is C23H25F3N6O3S. The molecule has 2 atom stereocenters. The maximum absolute atomic E-state index is 15.1. The molecule has 0 spiro atoms. The molecule has 2 N–H and O–H groups in total. The van der Waals surface area contributed by atoms with Crippen molar-refractivity contribution in [2.24, 2.45) is 15.1 Å². The van der Waals surface area contributed by atoms with Crippen LogP contribution in [0.2, 0.25) is 0 Å². The van der Waals surface area contributed by atoms with Crippen molar-refractivity contribution in [3.63, 3.8) is 0 Å². The summed E-state index contributed by atoms with van der Waals surface area (Å²) in [4.78, 5) is 12.7. The van der Waals surface area contributed by atoms with Gasteiger partial charge in [-0.25, -0.2) is 31.7 Å². The number of rotatable bonds is 6. The highest BCUT2D eigenvalue weighted by Crippen LogP contribution is 2.40.